The number of hydrogen-bond donors (Lipinski definition) is 0. The molecule has 0 radical (unpaired) electrons. The van der Waals surface area contributed by atoms with Gasteiger partial charge in [0.05, 0.1) is 5.52 Å². The van der Waals surface area contributed by atoms with Crippen molar-refractivity contribution in [3.63, 3.8) is 0 Å². The highest BCUT2D eigenvalue weighted by molar-refractivity contribution is 14.1. The van der Waals surface area contributed by atoms with Crippen LogP contribution < -0.4 is 4.74 Å². The van der Waals surface area contributed by atoms with Crippen LogP contribution >= 0.6 is 34.2 Å². The van der Waals surface area contributed by atoms with Crippen molar-refractivity contribution >= 4 is 45.1 Å². The van der Waals surface area contributed by atoms with Crippen molar-refractivity contribution in [2.75, 3.05) is 0 Å². The number of fused-ring (bicyclic) bond motifs is 1. The molecule has 94 valence electrons. The number of ether oxygens (including phenoxy) is 1. The average Bonchev–Trinajstić information content (AvgIpc) is 2.38. The molecule has 4 heteroatoms. The Morgan fingerprint density at radius 2 is 1.95 bits per heavy atom. The van der Waals surface area contributed by atoms with Gasteiger partial charge >= 0.3 is 0 Å². The van der Waals surface area contributed by atoms with Gasteiger partial charge in [-0.05, 0) is 65.1 Å². The summed E-state index contributed by atoms with van der Waals surface area (Å²) < 4.78 is 7.06. The Balaban J connectivity index is 2.06. The third kappa shape index (κ3) is 2.82. The van der Waals surface area contributed by atoms with Gasteiger partial charge in [0.1, 0.15) is 11.5 Å². The van der Waals surface area contributed by atoms with E-state index >= 15 is 0 Å². The Hall–Kier alpha value is -1.33. The summed E-state index contributed by atoms with van der Waals surface area (Å²) in [5, 5.41) is 1.62. The van der Waals surface area contributed by atoms with Crippen LogP contribution in [0, 0.1) is 3.57 Å². The zero-order valence-electron chi connectivity index (χ0n) is 9.81. The molecule has 0 amide bonds. The highest BCUT2D eigenvalue weighted by Gasteiger charge is 2.05. The second kappa shape index (κ2) is 5.35. The van der Waals surface area contributed by atoms with Crippen molar-refractivity contribution in [2.24, 2.45) is 0 Å². The number of benzene rings is 2. The van der Waals surface area contributed by atoms with Crippen LogP contribution in [0.5, 0.6) is 11.5 Å². The van der Waals surface area contributed by atoms with E-state index < -0.39 is 0 Å². The zero-order valence-corrected chi connectivity index (χ0v) is 12.7. The van der Waals surface area contributed by atoms with Crippen LogP contribution in [-0.2, 0) is 0 Å². The molecule has 0 fully saturated rings. The van der Waals surface area contributed by atoms with E-state index in [0.29, 0.717) is 5.02 Å². The first-order chi connectivity index (χ1) is 9.22. The molecule has 0 saturated carbocycles. The van der Waals surface area contributed by atoms with Crippen molar-refractivity contribution in [2.45, 2.75) is 0 Å². The highest BCUT2D eigenvalue weighted by Crippen LogP contribution is 2.30. The Bertz CT molecular complexity index is 745. The monoisotopic (exact) mass is 381 g/mol. The predicted molar refractivity (Wildman–Crippen MR) is 86.0 cm³/mol. The maximum atomic E-state index is 5.97. The van der Waals surface area contributed by atoms with Crippen molar-refractivity contribution in [1.82, 2.24) is 4.98 Å². The molecule has 19 heavy (non-hydrogen) atoms. The minimum absolute atomic E-state index is 0.673. The number of halogens is 2. The highest BCUT2D eigenvalue weighted by atomic mass is 127. The molecule has 0 spiro atoms. The van der Waals surface area contributed by atoms with Gasteiger partial charge in [-0.2, -0.15) is 0 Å². The van der Waals surface area contributed by atoms with Crippen LogP contribution in [0.1, 0.15) is 0 Å². The first-order valence-electron chi connectivity index (χ1n) is 5.70. The standard InChI is InChI=1S/C15H9ClINO/c16-10-4-5-13-14(8-10)18-7-6-15(13)19-12-3-1-2-11(17)9-12/h1-9H. The average molecular weight is 382 g/mol. The molecule has 1 aromatic heterocycles. The SMILES string of the molecule is Clc1ccc2c(Oc3cccc(I)c3)ccnc2c1. The Kier molecular flexibility index (Phi) is 3.57. The Morgan fingerprint density at radius 1 is 1.05 bits per heavy atom. The van der Waals surface area contributed by atoms with E-state index in [9.17, 15) is 0 Å². The molecule has 0 saturated heterocycles. The summed E-state index contributed by atoms with van der Waals surface area (Å²) in [5.41, 5.74) is 0.829. The molecule has 0 atom stereocenters. The lowest BCUT2D eigenvalue weighted by Crippen LogP contribution is -1.88. The van der Waals surface area contributed by atoms with E-state index in [-0.39, 0.29) is 0 Å². The third-order valence-corrected chi connectivity index (χ3v) is 3.59. The molecule has 2 aromatic carbocycles. The fourth-order valence-electron chi connectivity index (χ4n) is 1.84. The summed E-state index contributed by atoms with van der Waals surface area (Å²) in [4.78, 5) is 4.30. The molecule has 3 aromatic rings. The van der Waals surface area contributed by atoms with Gasteiger partial charge in [-0.15, -0.1) is 0 Å². The van der Waals surface area contributed by atoms with E-state index in [0.717, 1.165) is 26.0 Å². The zero-order chi connectivity index (χ0) is 13.2. The first kappa shape index (κ1) is 12.7. The fraction of sp³-hybridized carbons (Fsp3) is 0. The molecule has 1 heterocycles. The number of nitrogens with zero attached hydrogens (tertiary/aromatic N) is 1. The van der Waals surface area contributed by atoms with Gasteiger partial charge < -0.3 is 4.74 Å². The van der Waals surface area contributed by atoms with E-state index in [2.05, 4.69) is 27.6 Å². The quantitative estimate of drug-likeness (QED) is 0.563. The summed E-state index contributed by atoms with van der Waals surface area (Å²) in [5.74, 6) is 1.60. The van der Waals surface area contributed by atoms with Gasteiger partial charge in [-0.1, -0.05) is 17.7 Å². The summed E-state index contributed by atoms with van der Waals surface area (Å²) >= 11 is 8.23. The minimum atomic E-state index is 0.673. The van der Waals surface area contributed by atoms with Gasteiger partial charge in [0, 0.05) is 20.2 Å². The largest absolute Gasteiger partial charge is 0.457 e. The predicted octanol–water partition coefficient (Wildman–Crippen LogP) is 5.29. The smallest absolute Gasteiger partial charge is 0.138 e. The van der Waals surface area contributed by atoms with Crippen LogP contribution in [0.15, 0.2) is 54.7 Å². The third-order valence-electron chi connectivity index (χ3n) is 2.69. The molecule has 0 aliphatic carbocycles. The van der Waals surface area contributed by atoms with Crippen LogP contribution in [-0.4, -0.2) is 4.98 Å². The van der Waals surface area contributed by atoms with E-state index in [1.807, 2.05) is 48.5 Å². The van der Waals surface area contributed by atoms with Crippen molar-refractivity contribution in [1.29, 1.82) is 0 Å². The molecule has 0 bridgehead atoms. The number of aromatic nitrogens is 1. The second-order valence-electron chi connectivity index (χ2n) is 4.03. The lowest BCUT2D eigenvalue weighted by atomic mass is 10.2. The summed E-state index contributed by atoms with van der Waals surface area (Å²) in [6.07, 6.45) is 1.72. The summed E-state index contributed by atoms with van der Waals surface area (Å²) in [6, 6.07) is 15.4. The molecule has 0 aliphatic rings. The molecule has 0 unspecified atom stereocenters. The minimum Gasteiger partial charge on any atom is -0.457 e. The normalized spacial score (nSPS) is 10.6. The van der Waals surface area contributed by atoms with Gasteiger partial charge in [0.15, 0.2) is 0 Å². The van der Waals surface area contributed by atoms with E-state index in [4.69, 9.17) is 16.3 Å². The number of pyridine rings is 1. The van der Waals surface area contributed by atoms with Crippen molar-refractivity contribution < 1.29 is 4.74 Å². The Morgan fingerprint density at radius 3 is 2.79 bits per heavy atom. The lowest BCUT2D eigenvalue weighted by Gasteiger charge is -2.09. The maximum Gasteiger partial charge on any atom is 0.138 e. The van der Waals surface area contributed by atoms with Crippen molar-refractivity contribution in [3.8, 4) is 11.5 Å². The fourth-order valence-corrected chi connectivity index (χ4v) is 2.52. The van der Waals surface area contributed by atoms with Crippen molar-refractivity contribution in [3.05, 3.63) is 63.3 Å². The number of rotatable bonds is 2. The molecule has 2 nitrogen and oxygen atoms in total. The molecule has 0 N–H and O–H groups in total. The van der Waals surface area contributed by atoms with E-state index in [1.54, 1.807) is 6.20 Å². The van der Waals surface area contributed by atoms with Gasteiger partial charge in [-0.25, -0.2) is 0 Å². The Labute approximate surface area is 129 Å². The van der Waals surface area contributed by atoms with Crippen LogP contribution in [0.2, 0.25) is 5.02 Å². The summed E-state index contributed by atoms with van der Waals surface area (Å²) in [6.45, 7) is 0. The first-order valence-corrected chi connectivity index (χ1v) is 7.16. The van der Waals surface area contributed by atoms with Gasteiger partial charge in [-0.3, -0.25) is 4.98 Å². The van der Waals surface area contributed by atoms with E-state index in [1.165, 1.54) is 0 Å². The molecule has 3 rings (SSSR count). The van der Waals surface area contributed by atoms with Gasteiger partial charge in [0.2, 0.25) is 0 Å². The molecular weight excluding hydrogens is 373 g/mol. The van der Waals surface area contributed by atoms with Crippen LogP contribution in [0.3, 0.4) is 0 Å². The van der Waals surface area contributed by atoms with Gasteiger partial charge in [0.25, 0.3) is 0 Å². The number of hydrogen-bond acceptors (Lipinski definition) is 2. The topological polar surface area (TPSA) is 22.1 Å². The van der Waals surface area contributed by atoms with Crippen LogP contribution in [0.4, 0.5) is 0 Å². The lowest BCUT2D eigenvalue weighted by molar-refractivity contribution is 0.487. The summed E-state index contributed by atoms with van der Waals surface area (Å²) in [7, 11) is 0. The molecular formula is C15H9ClINO. The van der Waals surface area contributed by atoms with Crippen LogP contribution in [0.25, 0.3) is 10.9 Å². The molecule has 0 aliphatic heterocycles. The maximum absolute atomic E-state index is 5.97. The second-order valence-corrected chi connectivity index (χ2v) is 5.71.